The van der Waals surface area contributed by atoms with Crippen molar-refractivity contribution >= 4 is 24.1 Å². The molecular weight excluding hydrogens is 582 g/mol. The molecule has 47 heavy (non-hydrogen) atoms. The molecule has 0 saturated heterocycles. The second-order valence-electron chi connectivity index (χ2n) is 11.2. The molecule has 0 amide bonds. The second kappa shape index (κ2) is 17.8. The molecule has 5 rings (SSSR count). The van der Waals surface area contributed by atoms with Gasteiger partial charge < -0.3 is 9.47 Å². The largest absolute Gasteiger partial charge is 0.459 e. The van der Waals surface area contributed by atoms with Crippen molar-refractivity contribution in [2.24, 2.45) is 0 Å². The average molecular weight is 622 g/mol. The second-order valence-corrected chi connectivity index (χ2v) is 11.2. The fourth-order valence-corrected chi connectivity index (χ4v) is 5.36. The third-order valence-electron chi connectivity index (χ3n) is 7.72. The van der Waals surface area contributed by atoms with E-state index >= 15 is 0 Å². The molecule has 5 aromatic rings. The molecule has 0 radical (unpaired) electrons. The molecule has 5 nitrogen and oxygen atoms in total. The SMILES string of the molecule is O=C(/C=C/c1ccccc1)OC[C@H](OC(=O)/C=C/c1ccccc1)[C@H](Cc1ccccc1)N(Cc1ccccc1)Cc1ccccc1. The molecule has 5 aromatic carbocycles. The number of rotatable bonds is 15. The number of esters is 2. The number of carbonyl (C=O) groups is 2. The van der Waals surface area contributed by atoms with Gasteiger partial charge >= 0.3 is 11.9 Å². The smallest absolute Gasteiger partial charge is 0.331 e. The van der Waals surface area contributed by atoms with Gasteiger partial charge in [-0.2, -0.15) is 0 Å². The van der Waals surface area contributed by atoms with Crippen molar-refractivity contribution < 1.29 is 19.1 Å². The van der Waals surface area contributed by atoms with Gasteiger partial charge in [0.15, 0.2) is 6.10 Å². The minimum Gasteiger partial charge on any atom is -0.459 e. The van der Waals surface area contributed by atoms with E-state index in [4.69, 9.17) is 9.47 Å². The van der Waals surface area contributed by atoms with E-state index in [1.807, 2.05) is 115 Å². The van der Waals surface area contributed by atoms with Crippen molar-refractivity contribution in [3.8, 4) is 0 Å². The Bertz CT molecular complexity index is 1660. The zero-order chi connectivity index (χ0) is 32.5. The Morgan fingerprint density at radius 3 is 1.40 bits per heavy atom. The van der Waals surface area contributed by atoms with E-state index in [0.717, 1.165) is 27.8 Å². The molecule has 2 atom stereocenters. The summed E-state index contributed by atoms with van der Waals surface area (Å²) < 4.78 is 12.0. The van der Waals surface area contributed by atoms with Gasteiger partial charge in [0.1, 0.15) is 6.61 Å². The summed E-state index contributed by atoms with van der Waals surface area (Å²) in [6.07, 6.45) is 6.07. The number of ether oxygens (including phenoxy) is 2. The van der Waals surface area contributed by atoms with Crippen LogP contribution < -0.4 is 0 Å². The maximum atomic E-state index is 13.4. The lowest BCUT2D eigenvalue weighted by Crippen LogP contribution is -2.48. The first kappa shape index (κ1) is 32.9. The molecule has 0 aliphatic carbocycles. The quantitative estimate of drug-likeness (QED) is 0.0872. The van der Waals surface area contributed by atoms with Gasteiger partial charge in [-0.25, -0.2) is 9.59 Å². The Balaban J connectivity index is 1.47. The summed E-state index contributed by atoms with van der Waals surface area (Å²) in [5.41, 5.74) is 5.10. The summed E-state index contributed by atoms with van der Waals surface area (Å²) in [4.78, 5) is 28.7. The van der Waals surface area contributed by atoms with Crippen molar-refractivity contribution in [2.45, 2.75) is 31.7 Å². The fraction of sp³-hybridized carbons (Fsp3) is 0.143. The molecule has 236 valence electrons. The number of hydrogen-bond acceptors (Lipinski definition) is 5. The van der Waals surface area contributed by atoms with Gasteiger partial charge in [0, 0.05) is 25.2 Å². The van der Waals surface area contributed by atoms with Crippen LogP contribution in [0.1, 0.15) is 27.8 Å². The van der Waals surface area contributed by atoms with Gasteiger partial charge in [0.2, 0.25) is 0 Å². The molecule has 0 aromatic heterocycles. The number of nitrogens with zero attached hydrogens (tertiary/aromatic N) is 1. The molecule has 0 heterocycles. The van der Waals surface area contributed by atoms with E-state index in [0.29, 0.717) is 19.5 Å². The Morgan fingerprint density at radius 2 is 0.936 bits per heavy atom. The molecule has 0 spiro atoms. The first-order valence-electron chi connectivity index (χ1n) is 15.8. The molecule has 5 heteroatoms. The van der Waals surface area contributed by atoms with Gasteiger partial charge in [0.05, 0.1) is 6.04 Å². The lowest BCUT2D eigenvalue weighted by atomic mass is 9.98. The molecule has 0 saturated carbocycles. The van der Waals surface area contributed by atoms with Gasteiger partial charge in [-0.1, -0.05) is 152 Å². The predicted octanol–water partition coefficient (Wildman–Crippen LogP) is 8.18. The van der Waals surface area contributed by atoms with Crippen LogP contribution in [0, 0.1) is 0 Å². The van der Waals surface area contributed by atoms with E-state index in [9.17, 15) is 9.59 Å². The Kier molecular flexibility index (Phi) is 12.5. The summed E-state index contributed by atoms with van der Waals surface area (Å²) in [6.45, 7) is 1.09. The fourth-order valence-electron chi connectivity index (χ4n) is 5.36. The summed E-state index contributed by atoms with van der Waals surface area (Å²) >= 11 is 0. The van der Waals surface area contributed by atoms with Crippen molar-refractivity contribution in [2.75, 3.05) is 6.61 Å². The lowest BCUT2D eigenvalue weighted by molar-refractivity contribution is -0.157. The maximum absolute atomic E-state index is 13.4. The molecule has 0 fully saturated rings. The average Bonchev–Trinajstić information content (AvgIpc) is 3.12. The van der Waals surface area contributed by atoms with Crippen molar-refractivity contribution in [1.29, 1.82) is 0 Å². The highest BCUT2D eigenvalue weighted by molar-refractivity contribution is 5.88. The normalized spacial score (nSPS) is 12.6. The van der Waals surface area contributed by atoms with E-state index in [1.54, 1.807) is 12.2 Å². The lowest BCUT2D eigenvalue weighted by Gasteiger charge is -2.37. The van der Waals surface area contributed by atoms with Crippen LogP contribution in [0.4, 0.5) is 0 Å². The molecular formula is C42H39NO4. The Labute approximate surface area is 277 Å². The van der Waals surface area contributed by atoms with E-state index in [2.05, 4.69) is 41.3 Å². The van der Waals surface area contributed by atoms with Crippen LogP contribution in [-0.4, -0.2) is 35.6 Å². The molecule has 0 unspecified atom stereocenters. The van der Waals surface area contributed by atoms with Gasteiger partial charge in [0.25, 0.3) is 0 Å². The Hall–Kier alpha value is -5.52. The number of carbonyl (C=O) groups excluding carboxylic acids is 2. The van der Waals surface area contributed by atoms with Crippen molar-refractivity contribution in [3.63, 3.8) is 0 Å². The van der Waals surface area contributed by atoms with Gasteiger partial charge in [-0.05, 0) is 46.4 Å². The van der Waals surface area contributed by atoms with Gasteiger partial charge in [-0.15, -0.1) is 0 Å². The van der Waals surface area contributed by atoms with E-state index in [-0.39, 0.29) is 12.6 Å². The highest BCUT2D eigenvalue weighted by Gasteiger charge is 2.32. The standard InChI is InChI=1S/C42H39NO4/c44-41(28-26-34-16-6-1-7-17-34)46-33-40(47-42(45)29-27-35-18-8-2-9-19-35)39(30-36-20-10-3-11-21-36)43(31-37-22-12-4-13-23-37)32-38-24-14-5-15-25-38/h1-29,39-40H,30-33H2/b28-26+,29-27+/t39-,40-/m0/s1. The highest BCUT2D eigenvalue weighted by Crippen LogP contribution is 2.22. The van der Waals surface area contributed by atoms with Crippen LogP contribution in [0.3, 0.4) is 0 Å². The van der Waals surface area contributed by atoms with Crippen LogP contribution >= 0.6 is 0 Å². The van der Waals surface area contributed by atoms with Gasteiger partial charge in [-0.3, -0.25) is 4.90 Å². The van der Waals surface area contributed by atoms with E-state index < -0.39 is 18.0 Å². The van der Waals surface area contributed by atoms with Crippen LogP contribution in [0.5, 0.6) is 0 Å². The van der Waals surface area contributed by atoms with Crippen LogP contribution in [0.2, 0.25) is 0 Å². The monoisotopic (exact) mass is 621 g/mol. The van der Waals surface area contributed by atoms with E-state index in [1.165, 1.54) is 12.2 Å². The highest BCUT2D eigenvalue weighted by atomic mass is 16.6. The summed E-state index contributed by atoms with van der Waals surface area (Å²) in [5.74, 6) is -1.02. The zero-order valence-corrected chi connectivity index (χ0v) is 26.3. The van der Waals surface area contributed by atoms with Crippen LogP contribution in [-0.2, 0) is 38.6 Å². The summed E-state index contributed by atoms with van der Waals surface area (Å²) in [6, 6.07) is 49.4. The van der Waals surface area contributed by atoms with Crippen LogP contribution in [0.15, 0.2) is 164 Å². The zero-order valence-electron chi connectivity index (χ0n) is 26.3. The van der Waals surface area contributed by atoms with Crippen LogP contribution in [0.25, 0.3) is 12.2 Å². The summed E-state index contributed by atoms with van der Waals surface area (Å²) in [5, 5.41) is 0. The predicted molar refractivity (Wildman–Crippen MR) is 188 cm³/mol. The minimum absolute atomic E-state index is 0.111. The molecule has 0 bridgehead atoms. The Morgan fingerprint density at radius 1 is 0.532 bits per heavy atom. The summed E-state index contributed by atoms with van der Waals surface area (Å²) in [7, 11) is 0. The van der Waals surface area contributed by atoms with Crippen molar-refractivity contribution in [1.82, 2.24) is 4.90 Å². The minimum atomic E-state index is -0.773. The number of hydrogen-bond donors (Lipinski definition) is 0. The third kappa shape index (κ3) is 11.1. The topological polar surface area (TPSA) is 55.8 Å². The molecule has 0 aliphatic rings. The first-order valence-corrected chi connectivity index (χ1v) is 15.8. The molecule has 0 aliphatic heterocycles. The first-order chi connectivity index (χ1) is 23.1. The maximum Gasteiger partial charge on any atom is 0.331 e. The van der Waals surface area contributed by atoms with Crippen molar-refractivity contribution in [3.05, 3.63) is 192 Å². The third-order valence-corrected chi connectivity index (χ3v) is 7.72. The molecule has 0 N–H and O–H groups in total. The number of benzene rings is 5.